The highest BCUT2D eigenvalue weighted by molar-refractivity contribution is 5.76. The summed E-state index contributed by atoms with van der Waals surface area (Å²) >= 11 is 0. The molecule has 0 fully saturated rings. The highest BCUT2D eigenvalue weighted by atomic mass is 16.2. The van der Waals surface area contributed by atoms with Gasteiger partial charge in [0.1, 0.15) is 12.4 Å². The van der Waals surface area contributed by atoms with Crippen molar-refractivity contribution in [1.82, 2.24) is 14.7 Å². The van der Waals surface area contributed by atoms with Crippen molar-refractivity contribution in [3.63, 3.8) is 0 Å². The Morgan fingerprint density at radius 3 is 3.00 bits per heavy atom. The van der Waals surface area contributed by atoms with E-state index in [9.17, 15) is 4.79 Å². The first-order valence-electron chi connectivity index (χ1n) is 4.97. The molecule has 1 aromatic heterocycles. The summed E-state index contributed by atoms with van der Waals surface area (Å²) in [5.41, 5.74) is 5.46. The number of amides is 1. The average Bonchev–Trinajstić information content (AvgIpc) is 2.65. The molecule has 0 radical (unpaired) electrons. The van der Waals surface area contributed by atoms with Crippen LogP contribution in [-0.4, -0.2) is 33.7 Å². The summed E-state index contributed by atoms with van der Waals surface area (Å²) in [7, 11) is 0. The topological polar surface area (TPSA) is 64.2 Å². The second kappa shape index (κ2) is 4.16. The van der Waals surface area contributed by atoms with Gasteiger partial charge in [-0.05, 0) is 12.5 Å². The van der Waals surface area contributed by atoms with Crippen molar-refractivity contribution in [1.29, 1.82) is 0 Å². The van der Waals surface area contributed by atoms with Gasteiger partial charge in [0.2, 0.25) is 5.91 Å². The van der Waals surface area contributed by atoms with Gasteiger partial charge in [-0.2, -0.15) is 5.10 Å². The third kappa shape index (κ3) is 2.37. The number of hydrogen-bond acceptors (Lipinski definition) is 3. The van der Waals surface area contributed by atoms with Crippen molar-refractivity contribution in [2.45, 2.75) is 13.0 Å². The van der Waals surface area contributed by atoms with E-state index in [1.807, 2.05) is 11.0 Å². The maximum atomic E-state index is 11.8. The molecule has 0 saturated heterocycles. The third-order valence-electron chi connectivity index (χ3n) is 2.37. The highest BCUT2D eigenvalue weighted by Gasteiger charge is 2.14. The van der Waals surface area contributed by atoms with E-state index in [1.165, 1.54) is 0 Å². The van der Waals surface area contributed by atoms with Crippen LogP contribution in [0.1, 0.15) is 6.42 Å². The van der Waals surface area contributed by atoms with Gasteiger partial charge in [0.05, 0.1) is 0 Å². The molecular formula is C10H14N4O. The molecule has 2 heterocycles. The van der Waals surface area contributed by atoms with Crippen LogP contribution in [0.25, 0.3) is 0 Å². The summed E-state index contributed by atoms with van der Waals surface area (Å²) in [6.07, 6.45) is 6.76. The molecule has 0 aliphatic carbocycles. The van der Waals surface area contributed by atoms with Gasteiger partial charge in [-0.1, -0.05) is 12.2 Å². The van der Waals surface area contributed by atoms with Crippen molar-refractivity contribution in [3.8, 4) is 0 Å². The Morgan fingerprint density at radius 1 is 1.53 bits per heavy atom. The molecule has 0 aromatic carbocycles. The monoisotopic (exact) mass is 206 g/mol. The minimum absolute atomic E-state index is 0.0856. The number of nitrogens with zero attached hydrogens (tertiary/aromatic N) is 3. The van der Waals surface area contributed by atoms with Crippen LogP contribution in [0.5, 0.6) is 0 Å². The van der Waals surface area contributed by atoms with Crippen molar-refractivity contribution < 1.29 is 4.79 Å². The molecule has 1 aliphatic heterocycles. The predicted molar refractivity (Wildman–Crippen MR) is 57.0 cm³/mol. The fourth-order valence-corrected chi connectivity index (χ4v) is 1.57. The van der Waals surface area contributed by atoms with E-state index in [0.29, 0.717) is 12.4 Å². The van der Waals surface area contributed by atoms with Crippen LogP contribution in [0.2, 0.25) is 0 Å². The van der Waals surface area contributed by atoms with E-state index < -0.39 is 0 Å². The lowest BCUT2D eigenvalue weighted by Crippen LogP contribution is -2.36. The lowest BCUT2D eigenvalue weighted by molar-refractivity contribution is -0.131. The number of carbonyl (C=O) groups is 1. The van der Waals surface area contributed by atoms with Crippen LogP contribution < -0.4 is 5.73 Å². The fraction of sp³-hybridized carbons (Fsp3) is 0.400. The van der Waals surface area contributed by atoms with E-state index in [1.54, 1.807) is 16.9 Å². The van der Waals surface area contributed by atoms with Crippen molar-refractivity contribution >= 4 is 11.7 Å². The first-order valence-corrected chi connectivity index (χ1v) is 4.97. The normalized spacial score (nSPS) is 15.6. The maximum absolute atomic E-state index is 11.8. The molecule has 15 heavy (non-hydrogen) atoms. The summed E-state index contributed by atoms with van der Waals surface area (Å²) < 4.78 is 1.57. The lowest BCUT2D eigenvalue weighted by Gasteiger charge is -2.23. The van der Waals surface area contributed by atoms with Gasteiger partial charge < -0.3 is 10.6 Å². The lowest BCUT2D eigenvalue weighted by atomic mass is 10.2. The molecule has 1 aromatic rings. The standard InChI is InChI=1S/C10H14N4O/c11-9-4-7-14(12-9)8-10(15)13-5-2-1-3-6-13/h1-2,4,7H,3,5-6,8H2,(H2,11,12). The number of hydrogen-bond donors (Lipinski definition) is 1. The van der Waals surface area contributed by atoms with E-state index in [0.717, 1.165) is 13.0 Å². The minimum atomic E-state index is 0.0856. The molecule has 1 amide bonds. The Kier molecular flexibility index (Phi) is 2.71. The average molecular weight is 206 g/mol. The van der Waals surface area contributed by atoms with Crippen molar-refractivity contribution in [3.05, 3.63) is 24.4 Å². The van der Waals surface area contributed by atoms with Gasteiger partial charge >= 0.3 is 0 Å². The number of carbonyl (C=O) groups excluding carboxylic acids is 1. The van der Waals surface area contributed by atoms with Gasteiger partial charge in [-0.15, -0.1) is 0 Å². The maximum Gasteiger partial charge on any atom is 0.244 e. The zero-order valence-electron chi connectivity index (χ0n) is 8.47. The van der Waals surface area contributed by atoms with Crippen LogP contribution in [0, 0.1) is 0 Å². The molecule has 0 unspecified atom stereocenters. The van der Waals surface area contributed by atoms with Gasteiger partial charge in [0.25, 0.3) is 0 Å². The van der Waals surface area contributed by atoms with Crippen LogP contribution in [0.4, 0.5) is 5.82 Å². The summed E-state index contributed by atoms with van der Waals surface area (Å²) in [6, 6.07) is 1.68. The molecule has 0 atom stereocenters. The smallest absolute Gasteiger partial charge is 0.244 e. The number of aromatic nitrogens is 2. The summed E-state index contributed by atoms with van der Waals surface area (Å²) in [4.78, 5) is 13.6. The van der Waals surface area contributed by atoms with E-state index in [2.05, 4.69) is 11.2 Å². The Labute approximate surface area is 88.2 Å². The highest BCUT2D eigenvalue weighted by Crippen LogP contribution is 2.03. The van der Waals surface area contributed by atoms with Crippen LogP contribution in [-0.2, 0) is 11.3 Å². The first-order chi connectivity index (χ1) is 7.25. The number of nitrogen functional groups attached to an aromatic ring is 1. The molecule has 2 N–H and O–H groups in total. The van der Waals surface area contributed by atoms with E-state index >= 15 is 0 Å². The predicted octanol–water partition coefficient (Wildman–Crippen LogP) is 0.254. The molecular weight excluding hydrogens is 192 g/mol. The number of nitrogens with two attached hydrogens (primary N) is 1. The molecule has 5 nitrogen and oxygen atoms in total. The second-order valence-corrected chi connectivity index (χ2v) is 3.54. The zero-order chi connectivity index (χ0) is 10.7. The van der Waals surface area contributed by atoms with Gasteiger partial charge in [-0.25, -0.2) is 0 Å². The Morgan fingerprint density at radius 2 is 2.40 bits per heavy atom. The van der Waals surface area contributed by atoms with Crippen molar-refractivity contribution in [2.75, 3.05) is 18.8 Å². The fourth-order valence-electron chi connectivity index (χ4n) is 1.57. The SMILES string of the molecule is Nc1ccn(CC(=O)N2CC=CCC2)n1. The van der Waals surface area contributed by atoms with Gasteiger partial charge in [0, 0.05) is 19.3 Å². The summed E-state index contributed by atoms with van der Waals surface area (Å²) in [5.74, 6) is 0.531. The van der Waals surface area contributed by atoms with E-state index in [-0.39, 0.29) is 12.5 Å². The van der Waals surface area contributed by atoms with E-state index in [4.69, 9.17) is 5.73 Å². The summed E-state index contributed by atoms with van der Waals surface area (Å²) in [5, 5.41) is 3.97. The largest absolute Gasteiger partial charge is 0.382 e. The molecule has 0 bridgehead atoms. The Balaban J connectivity index is 1.94. The Hall–Kier alpha value is -1.78. The zero-order valence-corrected chi connectivity index (χ0v) is 8.47. The molecule has 1 aliphatic rings. The van der Waals surface area contributed by atoms with Crippen LogP contribution in [0.15, 0.2) is 24.4 Å². The molecule has 0 saturated carbocycles. The first kappa shape index (κ1) is 9.76. The summed E-state index contributed by atoms with van der Waals surface area (Å²) in [6.45, 7) is 1.77. The Bertz CT molecular complexity index is 383. The molecule has 5 heteroatoms. The second-order valence-electron chi connectivity index (χ2n) is 3.54. The molecule has 2 rings (SSSR count). The minimum Gasteiger partial charge on any atom is -0.382 e. The molecule has 0 spiro atoms. The van der Waals surface area contributed by atoms with Crippen LogP contribution in [0.3, 0.4) is 0 Å². The number of rotatable bonds is 2. The van der Waals surface area contributed by atoms with Crippen LogP contribution >= 0.6 is 0 Å². The molecule has 80 valence electrons. The quantitative estimate of drug-likeness (QED) is 0.706. The third-order valence-corrected chi connectivity index (χ3v) is 2.37. The van der Waals surface area contributed by atoms with Gasteiger partial charge in [0.15, 0.2) is 0 Å². The number of anilines is 1. The van der Waals surface area contributed by atoms with Gasteiger partial charge in [-0.3, -0.25) is 9.48 Å². The van der Waals surface area contributed by atoms with Crippen molar-refractivity contribution in [2.24, 2.45) is 0 Å².